The van der Waals surface area contributed by atoms with Crippen LogP contribution in [0.25, 0.3) is 11.3 Å². The molecule has 0 spiro atoms. The Morgan fingerprint density at radius 2 is 1.59 bits per heavy atom. The number of sulfone groups is 1. The van der Waals surface area contributed by atoms with Crippen LogP contribution in [0.2, 0.25) is 10.0 Å². The topological polar surface area (TPSA) is 151 Å². The highest BCUT2D eigenvalue weighted by Gasteiger charge is 2.43. The van der Waals surface area contributed by atoms with Gasteiger partial charge in [-0.05, 0) is 82.3 Å². The Balaban J connectivity index is 0.00000121. The Morgan fingerprint density at radius 3 is 2.04 bits per heavy atom. The fraction of sp³-hybridized carbons (Fsp3) is 0.424. The Kier molecular flexibility index (Phi) is 12.9. The van der Waals surface area contributed by atoms with Gasteiger partial charge in [0.05, 0.1) is 22.6 Å². The summed E-state index contributed by atoms with van der Waals surface area (Å²) < 4.78 is 72.6. The molecule has 4 N–H and O–H groups in total. The van der Waals surface area contributed by atoms with E-state index in [4.69, 9.17) is 38.0 Å². The van der Waals surface area contributed by atoms with Gasteiger partial charge in [0, 0.05) is 45.7 Å². The second kappa shape index (κ2) is 15.4. The summed E-state index contributed by atoms with van der Waals surface area (Å²) in [6, 6.07) is 11.5. The Morgan fingerprint density at radius 1 is 1.04 bits per heavy atom. The van der Waals surface area contributed by atoms with E-state index in [1.165, 1.54) is 12.1 Å². The number of aromatic nitrogens is 2. The van der Waals surface area contributed by atoms with E-state index in [1.54, 1.807) is 54.9 Å². The summed E-state index contributed by atoms with van der Waals surface area (Å²) in [6.45, 7) is 12.1. The minimum Gasteiger partial charge on any atom is -0.384 e. The zero-order valence-electron chi connectivity index (χ0n) is 28.3. The molecule has 0 saturated carbocycles. The Labute approximate surface area is 296 Å². The molecule has 1 aliphatic carbocycles. The molecule has 0 fully saturated rings. The summed E-state index contributed by atoms with van der Waals surface area (Å²) in [7, 11) is -9.39. The standard InChI is InChI=1S/C29H31Cl2F2N2O7PS.C4H11N/c1-27(2,25-21(30)7-6-8-22(25)31)26-34-24(28(3,4)36)15-35(26)19-11-9-17(10-12-19)18-13-23(44(5,40)41)20(29(32,33)14-18)16-42-43(37,38)39;1-3-5-4-2/h6-13,15,36H,14,16H2,1-5H3,(H2,37,38,39);5H,3-4H2,1-2H3. The lowest BCUT2D eigenvalue weighted by Gasteiger charge is -2.28. The molecule has 4 rings (SSSR count). The van der Waals surface area contributed by atoms with Crippen LogP contribution in [0.15, 0.2) is 65.2 Å². The minimum absolute atomic E-state index is 0.00637. The maximum Gasteiger partial charge on any atom is 0.469 e. The third-order valence-corrected chi connectivity index (χ3v) is 9.99. The van der Waals surface area contributed by atoms with Crippen molar-refractivity contribution in [1.29, 1.82) is 0 Å². The second-order valence-electron chi connectivity index (χ2n) is 12.5. The van der Waals surface area contributed by atoms with Gasteiger partial charge in [-0.1, -0.05) is 55.2 Å². The molecule has 16 heteroatoms. The number of aliphatic hydroxyl groups is 1. The van der Waals surface area contributed by atoms with Gasteiger partial charge in [0.15, 0.2) is 9.84 Å². The molecule has 0 unspecified atom stereocenters. The van der Waals surface area contributed by atoms with Crippen LogP contribution in [0.5, 0.6) is 0 Å². The number of hydrogen-bond acceptors (Lipinski definition) is 7. The van der Waals surface area contributed by atoms with Crippen molar-refractivity contribution >= 4 is 46.4 Å². The van der Waals surface area contributed by atoms with Crippen LogP contribution in [0, 0.1) is 0 Å². The summed E-state index contributed by atoms with van der Waals surface area (Å²) >= 11 is 13.1. The molecule has 1 aromatic heterocycles. The average Bonchev–Trinajstić information content (AvgIpc) is 3.43. The lowest BCUT2D eigenvalue weighted by Crippen LogP contribution is -2.29. The molecule has 0 bridgehead atoms. The molecule has 1 aliphatic rings. The number of allylic oxidation sites excluding steroid dienone is 2. The van der Waals surface area contributed by atoms with Gasteiger partial charge in [-0.25, -0.2) is 26.7 Å². The molecule has 10 nitrogen and oxygen atoms in total. The fourth-order valence-electron chi connectivity index (χ4n) is 5.27. The summed E-state index contributed by atoms with van der Waals surface area (Å²) in [5.74, 6) is -3.29. The number of imidazole rings is 1. The fourth-order valence-corrected chi connectivity index (χ4v) is 7.45. The van der Waals surface area contributed by atoms with E-state index in [1.807, 2.05) is 13.8 Å². The monoisotopic (exact) mass is 763 g/mol. The van der Waals surface area contributed by atoms with Gasteiger partial charge < -0.3 is 24.8 Å². The quantitative estimate of drug-likeness (QED) is 0.149. The summed E-state index contributed by atoms with van der Waals surface area (Å²) in [5.41, 5.74) is -1.40. The highest BCUT2D eigenvalue weighted by atomic mass is 35.5. The van der Waals surface area contributed by atoms with Gasteiger partial charge in [-0.2, -0.15) is 0 Å². The van der Waals surface area contributed by atoms with Crippen LogP contribution in [-0.4, -0.2) is 64.7 Å². The van der Waals surface area contributed by atoms with Crippen LogP contribution in [-0.2, 0) is 29.9 Å². The lowest BCUT2D eigenvalue weighted by atomic mass is 9.83. The molecule has 1 heterocycles. The van der Waals surface area contributed by atoms with Crippen molar-refractivity contribution in [1.82, 2.24) is 14.9 Å². The van der Waals surface area contributed by atoms with Gasteiger partial charge >= 0.3 is 7.82 Å². The van der Waals surface area contributed by atoms with Crippen LogP contribution in [0.4, 0.5) is 8.78 Å². The van der Waals surface area contributed by atoms with E-state index in [9.17, 15) is 18.1 Å². The Hall–Kier alpha value is -2.45. The van der Waals surface area contributed by atoms with Gasteiger partial charge in [-0.15, -0.1) is 0 Å². The van der Waals surface area contributed by atoms with E-state index in [0.29, 0.717) is 38.4 Å². The van der Waals surface area contributed by atoms with E-state index < -0.39 is 58.1 Å². The van der Waals surface area contributed by atoms with Crippen LogP contribution in [0.3, 0.4) is 0 Å². The molecule has 270 valence electrons. The molecule has 0 saturated heterocycles. The van der Waals surface area contributed by atoms with Crippen molar-refractivity contribution < 1.29 is 41.2 Å². The molecule has 2 aromatic carbocycles. The van der Waals surface area contributed by atoms with Gasteiger partial charge in [0.25, 0.3) is 5.92 Å². The number of halogens is 4. The van der Waals surface area contributed by atoms with Gasteiger partial charge in [0.2, 0.25) is 0 Å². The number of nitrogens with one attached hydrogen (secondary N) is 1. The normalized spacial score (nSPS) is 15.5. The van der Waals surface area contributed by atoms with Crippen LogP contribution < -0.4 is 5.32 Å². The van der Waals surface area contributed by atoms with E-state index in [2.05, 4.69) is 23.7 Å². The van der Waals surface area contributed by atoms with Crippen LogP contribution in [0.1, 0.15) is 70.6 Å². The van der Waals surface area contributed by atoms with Crippen molar-refractivity contribution in [2.75, 3.05) is 26.0 Å². The summed E-state index contributed by atoms with van der Waals surface area (Å²) in [5, 5.41) is 14.7. The number of nitrogens with zero attached hydrogens (tertiary/aromatic N) is 2. The van der Waals surface area contributed by atoms with Crippen molar-refractivity contribution in [3.05, 3.63) is 97.9 Å². The maximum absolute atomic E-state index is 15.3. The van der Waals surface area contributed by atoms with Crippen molar-refractivity contribution in [2.45, 2.75) is 64.9 Å². The second-order valence-corrected chi connectivity index (χ2v) is 16.6. The lowest BCUT2D eigenvalue weighted by molar-refractivity contribution is 0.0340. The molecular formula is C33H42Cl2F2N3O7PS. The number of phosphoric acid groups is 1. The van der Waals surface area contributed by atoms with Crippen LogP contribution >= 0.6 is 31.0 Å². The summed E-state index contributed by atoms with van der Waals surface area (Å²) in [4.78, 5) is 21.9. The first-order valence-corrected chi connectivity index (χ1v) is 19.4. The zero-order chi connectivity index (χ0) is 37.2. The van der Waals surface area contributed by atoms with Gasteiger partial charge in [-0.3, -0.25) is 4.52 Å². The molecular weight excluding hydrogens is 722 g/mol. The molecule has 3 aromatic rings. The first kappa shape index (κ1) is 41.0. The van der Waals surface area contributed by atoms with Crippen molar-refractivity contribution in [2.24, 2.45) is 0 Å². The maximum atomic E-state index is 15.3. The highest BCUT2D eigenvalue weighted by molar-refractivity contribution is 7.94. The molecule has 0 amide bonds. The smallest absolute Gasteiger partial charge is 0.384 e. The SMILES string of the molecule is CC(C)(O)c1cn(-c2ccc(C3=CC(S(C)(=O)=O)=C(COP(=O)(O)O)C(F)(F)C3)cc2)c(C(C)(C)c2c(Cl)cccc2Cl)n1.CCNCC. The minimum atomic E-state index is -5.15. The molecule has 0 atom stereocenters. The Bertz CT molecular complexity index is 1860. The average molecular weight is 765 g/mol. The van der Waals surface area contributed by atoms with E-state index in [0.717, 1.165) is 25.4 Å². The zero-order valence-corrected chi connectivity index (χ0v) is 31.5. The predicted molar refractivity (Wildman–Crippen MR) is 189 cm³/mol. The van der Waals surface area contributed by atoms with E-state index >= 15 is 8.78 Å². The van der Waals surface area contributed by atoms with Crippen molar-refractivity contribution in [3.63, 3.8) is 0 Å². The number of benzene rings is 2. The number of phosphoric ester groups is 1. The van der Waals surface area contributed by atoms with Gasteiger partial charge in [0.1, 0.15) is 11.4 Å². The molecule has 0 radical (unpaired) electrons. The third-order valence-electron chi connectivity index (χ3n) is 7.73. The predicted octanol–water partition coefficient (Wildman–Crippen LogP) is 7.18. The largest absolute Gasteiger partial charge is 0.469 e. The highest BCUT2D eigenvalue weighted by Crippen LogP contribution is 2.46. The van der Waals surface area contributed by atoms with Crippen molar-refractivity contribution in [3.8, 4) is 5.69 Å². The first-order valence-electron chi connectivity index (χ1n) is 15.2. The number of hydrogen-bond donors (Lipinski definition) is 4. The first-order chi connectivity index (χ1) is 22.4. The number of alkyl halides is 2. The summed E-state index contributed by atoms with van der Waals surface area (Å²) in [6.07, 6.45) is 2.52. The van der Waals surface area contributed by atoms with E-state index in [-0.39, 0.29) is 5.57 Å². The number of rotatable bonds is 11. The third kappa shape index (κ3) is 10.1. The molecule has 49 heavy (non-hydrogen) atoms. The molecule has 0 aliphatic heterocycles.